The number of amides is 1. The smallest absolute Gasteiger partial charge is 0.251 e. The molecule has 1 heterocycles. The molecule has 1 aromatic carbocycles. The molecule has 0 fully saturated rings. The van der Waals surface area contributed by atoms with Gasteiger partial charge in [-0.25, -0.2) is 4.98 Å². The van der Waals surface area contributed by atoms with Gasteiger partial charge >= 0.3 is 0 Å². The third kappa shape index (κ3) is 4.06. The van der Waals surface area contributed by atoms with Gasteiger partial charge in [0.1, 0.15) is 0 Å². The molecular formula is C15H21N3O2. The maximum atomic E-state index is 12.0. The summed E-state index contributed by atoms with van der Waals surface area (Å²) in [4.78, 5) is 19.1. The number of hydrogen-bond acceptors (Lipinski definition) is 3. The normalized spacial score (nSPS) is 11.2. The van der Waals surface area contributed by atoms with Crippen LogP contribution in [0.15, 0.2) is 24.5 Å². The van der Waals surface area contributed by atoms with Crippen LogP contribution in [-0.2, 0) is 4.74 Å². The number of nitrogens with one attached hydrogen (secondary N) is 2. The highest BCUT2D eigenvalue weighted by molar-refractivity contribution is 5.97. The van der Waals surface area contributed by atoms with E-state index in [1.807, 2.05) is 12.1 Å². The molecule has 20 heavy (non-hydrogen) atoms. The number of carbonyl (C=O) groups excluding carboxylic acids is 1. The van der Waals surface area contributed by atoms with E-state index >= 15 is 0 Å². The Balaban J connectivity index is 1.74. The molecule has 5 nitrogen and oxygen atoms in total. The second-order valence-corrected chi connectivity index (χ2v) is 5.21. The number of imidazole rings is 1. The Morgan fingerprint density at radius 2 is 2.30 bits per heavy atom. The zero-order valence-electron chi connectivity index (χ0n) is 12.0. The molecule has 108 valence electrons. The SMILES string of the molecule is CC(C)COCCCNC(=O)c1ccc2nc[nH]c2c1. The second-order valence-electron chi connectivity index (χ2n) is 5.21. The maximum absolute atomic E-state index is 12.0. The molecule has 0 radical (unpaired) electrons. The van der Waals surface area contributed by atoms with E-state index in [4.69, 9.17) is 4.74 Å². The minimum atomic E-state index is -0.0645. The van der Waals surface area contributed by atoms with Gasteiger partial charge in [-0.3, -0.25) is 4.79 Å². The first kappa shape index (κ1) is 14.5. The van der Waals surface area contributed by atoms with Crippen molar-refractivity contribution in [1.29, 1.82) is 0 Å². The molecule has 0 atom stereocenters. The second kappa shape index (κ2) is 7.05. The first-order chi connectivity index (χ1) is 9.66. The standard InChI is InChI=1S/C15H21N3O2/c1-11(2)9-20-7-3-6-16-15(19)12-4-5-13-14(8-12)18-10-17-13/h4-5,8,10-11H,3,6-7,9H2,1-2H3,(H,16,19)(H,17,18). The van der Waals surface area contributed by atoms with Gasteiger partial charge in [0.05, 0.1) is 17.4 Å². The molecule has 1 amide bonds. The van der Waals surface area contributed by atoms with Crippen molar-refractivity contribution in [3.05, 3.63) is 30.1 Å². The fraction of sp³-hybridized carbons (Fsp3) is 0.467. The summed E-state index contributed by atoms with van der Waals surface area (Å²) in [7, 11) is 0. The van der Waals surface area contributed by atoms with Crippen molar-refractivity contribution >= 4 is 16.9 Å². The van der Waals surface area contributed by atoms with Gasteiger partial charge < -0.3 is 15.0 Å². The number of nitrogens with zero attached hydrogens (tertiary/aromatic N) is 1. The number of fused-ring (bicyclic) bond motifs is 1. The van der Waals surface area contributed by atoms with Crippen LogP contribution in [0.4, 0.5) is 0 Å². The van der Waals surface area contributed by atoms with E-state index in [0.29, 0.717) is 24.6 Å². The first-order valence-electron chi connectivity index (χ1n) is 6.96. The highest BCUT2D eigenvalue weighted by Crippen LogP contribution is 2.11. The van der Waals surface area contributed by atoms with E-state index in [2.05, 4.69) is 29.1 Å². The Bertz CT molecular complexity index is 563. The van der Waals surface area contributed by atoms with E-state index < -0.39 is 0 Å². The van der Waals surface area contributed by atoms with Gasteiger partial charge in [-0.05, 0) is 30.5 Å². The molecular weight excluding hydrogens is 254 g/mol. The summed E-state index contributed by atoms with van der Waals surface area (Å²) in [5, 5.41) is 2.89. The lowest BCUT2D eigenvalue weighted by Gasteiger charge is -2.08. The summed E-state index contributed by atoms with van der Waals surface area (Å²) in [6.45, 7) is 6.31. The quantitative estimate of drug-likeness (QED) is 0.762. The van der Waals surface area contributed by atoms with E-state index in [1.165, 1.54) is 0 Å². The average Bonchev–Trinajstić information content (AvgIpc) is 2.89. The van der Waals surface area contributed by atoms with Crippen molar-refractivity contribution in [2.24, 2.45) is 5.92 Å². The number of ether oxygens (including phenoxy) is 1. The lowest BCUT2D eigenvalue weighted by molar-refractivity contribution is 0.0925. The van der Waals surface area contributed by atoms with Gasteiger partial charge in [-0.1, -0.05) is 13.8 Å². The predicted molar refractivity (Wildman–Crippen MR) is 78.7 cm³/mol. The molecule has 2 N–H and O–H groups in total. The monoisotopic (exact) mass is 275 g/mol. The highest BCUT2D eigenvalue weighted by atomic mass is 16.5. The molecule has 5 heteroatoms. The van der Waals surface area contributed by atoms with Crippen molar-refractivity contribution < 1.29 is 9.53 Å². The van der Waals surface area contributed by atoms with Crippen LogP contribution in [0.1, 0.15) is 30.6 Å². The van der Waals surface area contributed by atoms with E-state index in [0.717, 1.165) is 24.1 Å². The third-order valence-electron chi connectivity index (χ3n) is 2.88. The lowest BCUT2D eigenvalue weighted by Crippen LogP contribution is -2.25. The predicted octanol–water partition coefficient (Wildman–Crippen LogP) is 2.36. The summed E-state index contributed by atoms with van der Waals surface area (Å²) in [6.07, 6.45) is 2.45. The fourth-order valence-electron chi connectivity index (χ4n) is 1.87. The zero-order chi connectivity index (χ0) is 14.4. The Morgan fingerprint density at radius 3 is 3.10 bits per heavy atom. The van der Waals surface area contributed by atoms with Gasteiger partial charge in [0.2, 0.25) is 0 Å². The molecule has 0 aliphatic carbocycles. The van der Waals surface area contributed by atoms with Crippen molar-refractivity contribution in [3.8, 4) is 0 Å². The molecule has 0 aliphatic heterocycles. The molecule has 0 aliphatic rings. The van der Waals surface area contributed by atoms with Crippen molar-refractivity contribution in [2.45, 2.75) is 20.3 Å². The van der Waals surface area contributed by atoms with E-state index in [9.17, 15) is 4.79 Å². The van der Waals surface area contributed by atoms with Gasteiger partial charge in [-0.15, -0.1) is 0 Å². The van der Waals surface area contributed by atoms with Crippen molar-refractivity contribution in [2.75, 3.05) is 19.8 Å². The summed E-state index contributed by atoms with van der Waals surface area (Å²) in [5.41, 5.74) is 2.38. The van der Waals surface area contributed by atoms with Crippen molar-refractivity contribution in [3.63, 3.8) is 0 Å². The maximum Gasteiger partial charge on any atom is 0.251 e. The highest BCUT2D eigenvalue weighted by Gasteiger charge is 2.06. The van der Waals surface area contributed by atoms with Crippen LogP contribution in [0.2, 0.25) is 0 Å². The van der Waals surface area contributed by atoms with Crippen LogP contribution in [-0.4, -0.2) is 35.6 Å². The molecule has 0 saturated carbocycles. The number of benzene rings is 1. The topological polar surface area (TPSA) is 67.0 Å². The minimum Gasteiger partial charge on any atom is -0.381 e. The van der Waals surface area contributed by atoms with Crippen molar-refractivity contribution in [1.82, 2.24) is 15.3 Å². The summed E-state index contributed by atoms with van der Waals surface area (Å²) >= 11 is 0. The molecule has 2 aromatic rings. The number of hydrogen-bond donors (Lipinski definition) is 2. The first-order valence-corrected chi connectivity index (χ1v) is 6.96. The van der Waals surface area contributed by atoms with Gasteiger partial charge in [0, 0.05) is 25.3 Å². The van der Waals surface area contributed by atoms with Crippen LogP contribution in [0.25, 0.3) is 11.0 Å². The molecule has 1 aromatic heterocycles. The largest absolute Gasteiger partial charge is 0.381 e. The van der Waals surface area contributed by atoms with Crippen LogP contribution >= 0.6 is 0 Å². The Morgan fingerprint density at radius 1 is 1.45 bits per heavy atom. The van der Waals surface area contributed by atoms with E-state index in [1.54, 1.807) is 12.4 Å². The molecule has 0 spiro atoms. The Hall–Kier alpha value is -1.88. The number of aromatic amines is 1. The molecule has 0 saturated heterocycles. The molecule has 2 rings (SSSR count). The van der Waals surface area contributed by atoms with Crippen LogP contribution in [0.5, 0.6) is 0 Å². The molecule has 0 bridgehead atoms. The van der Waals surface area contributed by atoms with Gasteiger partial charge in [0.25, 0.3) is 5.91 Å². The van der Waals surface area contributed by atoms with Gasteiger partial charge in [0.15, 0.2) is 0 Å². The van der Waals surface area contributed by atoms with Gasteiger partial charge in [-0.2, -0.15) is 0 Å². The fourth-order valence-corrected chi connectivity index (χ4v) is 1.87. The lowest BCUT2D eigenvalue weighted by atomic mass is 10.2. The third-order valence-corrected chi connectivity index (χ3v) is 2.88. The average molecular weight is 275 g/mol. The number of rotatable bonds is 7. The Labute approximate surface area is 118 Å². The van der Waals surface area contributed by atoms with Crippen LogP contribution in [0, 0.1) is 5.92 Å². The number of aromatic nitrogens is 2. The summed E-state index contributed by atoms with van der Waals surface area (Å²) in [5.74, 6) is 0.482. The number of H-pyrrole nitrogens is 1. The zero-order valence-corrected chi connectivity index (χ0v) is 12.0. The number of carbonyl (C=O) groups is 1. The summed E-state index contributed by atoms with van der Waals surface area (Å²) < 4.78 is 5.47. The summed E-state index contributed by atoms with van der Waals surface area (Å²) in [6, 6.07) is 5.44. The minimum absolute atomic E-state index is 0.0645. The Kier molecular flexibility index (Phi) is 5.12. The van der Waals surface area contributed by atoms with Crippen LogP contribution in [0.3, 0.4) is 0 Å². The van der Waals surface area contributed by atoms with E-state index in [-0.39, 0.29) is 5.91 Å². The molecule has 0 unspecified atom stereocenters. The van der Waals surface area contributed by atoms with Crippen LogP contribution < -0.4 is 5.32 Å².